The third-order valence-corrected chi connectivity index (χ3v) is 7.07. The largest absolute Gasteiger partial charge is 0.338 e. The highest BCUT2D eigenvalue weighted by Crippen LogP contribution is 2.50. The van der Waals surface area contributed by atoms with Crippen LogP contribution in [-0.2, 0) is 11.3 Å². The maximum atomic E-state index is 13.8. The van der Waals surface area contributed by atoms with Gasteiger partial charge in [0.05, 0.1) is 17.4 Å². The van der Waals surface area contributed by atoms with Crippen LogP contribution in [0, 0.1) is 11.3 Å². The third kappa shape index (κ3) is 3.48. The van der Waals surface area contributed by atoms with Gasteiger partial charge in [0, 0.05) is 63.3 Å². The molecule has 0 unspecified atom stereocenters. The van der Waals surface area contributed by atoms with E-state index in [9.17, 15) is 4.79 Å². The van der Waals surface area contributed by atoms with Crippen molar-refractivity contribution in [2.24, 2.45) is 11.3 Å². The van der Waals surface area contributed by atoms with Crippen LogP contribution in [0.3, 0.4) is 0 Å². The van der Waals surface area contributed by atoms with Crippen molar-refractivity contribution >= 4 is 5.91 Å². The van der Waals surface area contributed by atoms with Crippen LogP contribution in [0.2, 0.25) is 0 Å². The lowest BCUT2D eigenvalue weighted by molar-refractivity contribution is -0.136. The van der Waals surface area contributed by atoms with E-state index in [0.29, 0.717) is 18.5 Å². The molecule has 0 aromatic carbocycles. The Balaban J connectivity index is 1.41. The van der Waals surface area contributed by atoms with Gasteiger partial charge in [-0.2, -0.15) is 0 Å². The average Bonchev–Trinajstić information content (AvgIpc) is 3.13. The van der Waals surface area contributed by atoms with Gasteiger partial charge in [-0.3, -0.25) is 9.78 Å². The van der Waals surface area contributed by atoms with Crippen molar-refractivity contribution in [1.29, 1.82) is 0 Å². The van der Waals surface area contributed by atoms with E-state index in [0.717, 1.165) is 49.8 Å². The normalized spacial score (nSPS) is 27.6. The number of likely N-dealkylation sites (tertiary alicyclic amines) is 2. The zero-order valence-corrected chi connectivity index (χ0v) is 17.5. The average molecular weight is 394 g/mol. The monoisotopic (exact) mass is 393 g/mol. The maximum Gasteiger partial charge on any atom is 0.231 e. The summed E-state index contributed by atoms with van der Waals surface area (Å²) in [5, 5.41) is 0. The van der Waals surface area contributed by atoms with Gasteiger partial charge in [-0.25, -0.2) is 4.98 Å². The molecule has 29 heavy (non-hydrogen) atoms. The number of pyridine rings is 1. The topological polar surface area (TPSA) is 54.3 Å². The predicted molar refractivity (Wildman–Crippen MR) is 111 cm³/mol. The first-order valence-corrected chi connectivity index (χ1v) is 11.0. The Morgan fingerprint density at radius 3 is 2.72 bits per heavy atom. The number of rotatable bonds is 6. The van der Waals surface area contributed by atoms with Crippen molar-refractivity contribution in [3.05, 3.63) is 48.3 Å². The van der Waals surface area contributed by atoms with Crippen molar-refractivity contribution in [3.63, 3.8) is 0 Å². The van der Waals surface area contributed by atoms with Crippen LogP contribution < -0.4 is 0 Å². The van der Waals surface area contributed by atoms with Crippen molar-refractivity contribution in [2.75, 3.05) is 26.2 Å². The van der Waals surface area contributed by atoms with E-state index in [2.05, 4.69) is 39.4 Å². The number of carbonyl (C=O) groups excluding carboxylic acids is 1. The van der Waals surface area contributed by atoms with Crippen molar-refractivity contribution < 1.29 is 4.79 Å². The molecule has 2 saturated heterocycles. The van der Waals surface area contributed by atoms with E-state index in [4.69, 9.17) is 4.98 Å². The Kier molecular flexibility index (Phi) is 4.69. The van der Waals surface area contributed by atoms with Gasteiger partial charge in [-0.15, -0.1) is 0 Å². The van der Waals surface area contributed by atoms with Crippen LogP contribution in [0.4, 0.5) is 0 Å². The molecule has 2 aromatic rings. The molecule has 1 spiro atoms. The third-order valence-electron chi connectivity index (χ3n) is 7.07. The lowest BCUT2D eigenvalue weighted by Gasteiger charge is -2.28. The first-order valence-electron chi connectivity index (χ1n) is 11.0. The highest BCUT2D eigenvalue weighted by atomic mass is 16.2. The lowest BCUT2D eigenvalue weighted by atomic mass is 9.75. The fraction of sp³-hybridized carbons (Fsp3) is 0.609. The second-order valence-corrected chi connectivity index (χ2v) is 9.52. The number of aromatic nitrogens is 3. The van der Waals surface area contributed by atoms with Crippen molar-refractivity contribution in [3.8, 4) is 0 Å². The molecular formula is C23H31N5O. The Morgan fingerprint density at radius 1 is 1.24 bits per heavy atom. The van der Waals surface area contributed by atoms with Gasteiger partial charge in [0.1, 0.15) is 0 Å². The summed E-state index contributed by atoms with van der Waals surface area (Å²) in [5.41, 5.74) is 1.92. The molecule has 2 atom stereocenters. The van der Waals surface area contributed by atoms with E-state index >= 15 is 0 Å². The van der Waals surface area contributed by atoms with Gasteiger partial charge in [-0.1, -0.05) is 0 Å². The number of hydrogen-bond donors (Lipinski definition) is 0. The van der Waals surface area contributed by atoms with Crippen LogP contribution in [0.5, 0.6) is 0 Å². The first kappa shape index (κ1) is 18.8. The number of carbonyl (C=O) groups is 1. The second kappa shape index (κ2) is 7.24. The molecule has 6 nitrogen and oxygen atoms in total. The molecule has 2 aromatic heterocycles. The van der Waals surface area contributed by atoms with E-state index in [1.165, 1.54) is 12.8 Å². The quantitative estimate of drug-likeness (QED) is 0.757. The smallest absolute Gasteiger partial charge is 0.231 e. The molecule has 2 aliphatic heterocycles. The van der Waals surface area contributed by atoms with E-state index in [-0.39, 0.29) is 11.3 Å². The van der Waals surface area contributed by atoms with Crippen LogP contribution in [0.15, 0.2) is 37.1 Å². The minimum absolute atomic E-state index is 0.191. The van der Waals surface area contributed by atoms with E-state index in [1.807, 2.05) is 18.5 Å². The fourth-order valence-electron chi connectivity index (χ4n) is 5.19. The Morgan fingerprint density at radius 2 is 2.03 bits per heavy atom. The van der Waals surface area contributed by atoms with Crippen LogP contribution in [0.25, 0.3) is 0 Å². The van der Waals surface area contributed by atoms with Gasteiger partial charge >= 0.3 is 0 Å². The molecule has 6 heteroatoms. The Hall–Kier alpha value is -2.21. The zero-order chi connectivity index (χ0) is 20.0. The molecule has 3 aliphatic rings. The maximum absolute atomic E-state index is 13.8. The number of nitrogens with zero attached hydrogens (tertiary/aromatic N) is 5. The van der Waals surface area contributed by atoms with E-state index < -0.39 is 0 Å². The van der Waals surface area contributed by atoms with Crippen LogP contribution in [-0.4, -0.2) is 56.4 Å². The predicted octanol–water partition coefficient (Wildman–Crippen LogP) is 3.09. The minimum Gasteiger partial charge on any atom is -0.338 e. The number of imidazole rings is 1. The molecule has 1 amide bonds. The summed E-state index contributed by atoms with van der Waals surface area (Å²) in [6.07, 6.45) is 11.3. The molecule has 0 radical (unpaired) electrons. The molecule has 0 N–H and O–H groups in total. The molecule has 1 saturated carbocycles. The van der Waals surface area contributed by atoms with Crippen LogP contribution in [0.1, 0.15) is 56.3 Å². The SMILES string of the molecule is CC(C)n1cnc([C@H]2CN(CC3CC3)C[C@]23CCN(Cc2ccncc2)C3=O)c1. The standard InChI is InChI=1S/C23H31N5O/c1-17(2)28-14-21(25-16-28)20-13-26(11-18-3-4-18)15-23(20)7-10-27(22(23)29)12-19-5-8-24-9-6-19/h5-6,8-9,14,16-18,20H,3-4,7,10-13,15H2,1-2H3/t20-,23-/m1/s1. The zero-order valence-electron chi connectivity index (χ0n) is 17.5. The van der Waals surface area contributed by atoms with Gasteiger partial charge in [0.15, 0.2) is 0 Å². The Bertz CT molecular complexity index is 874. The fourth-order valence-corrected chi connectivity index (χ4v) is 5.19. The van der Waals surface area contributed by atoms with Gasteiger partial charge in [-0.05, 0) is 56.7 Å². The lowest BCUT2D eigenvalue weighted by Crippen LogP contribution is -2.39. The number of amides is 1. The summed E-state index contributed by atoms with van der Waals surface area (Å²) >= 11 is 0. The summed E-state index contributed by atoms with van der Waals surface area (Å²) < 4.78 is 2.17. The van der Waals surface area contributed by atoms with E-state index in [1.54, 1.807) is 12.4 Å². The highest BCUT2D eigenvalue weighted by Gasteiger charge is 2.58. The number of hydrogen-bond acceptors (Lipinski definition) is 4. The summed E-state index contributed by atoms with van der Waals surface area (Å²) in [6.45, 7) is 8.84. The van der Waals surface area contributed by atoms with Crippen LogP contribution >= 0.6 is 0 Å². The minimum atomic E-state index is -0.321. The van der Waals surface area contributed by atoms with Crippen molar-refractivity contribution in [1.82, 2.24) is 24.3 Å². The first-order chi connectivity index (χ1) is 14.0. The second-order valence-electron chi connectivity index (χ2n) is 9.52. The highest BCUT2D eigenvalue weighted by molar-refractivity contribution is 5.86. The molecule has 1 aliphatic carbocycles. The summed E-state index contributed by atoms with van der Waals surface area (Å²) in [7, 11) is 0. The molecule has 0 bridgehead atoms. The molecule has 154 valence electrons. The molecule has 3 fully saturated rings. The van der Waals surface area contributed by atoms with Gasteiger partial charge in [0.25, 0.3) is 0 Å². The molecule has 5 rings (SSSR count). The summed E-state index contributed by atoms with van der Waals surface area (Å²) in [6, 6.07) is 4.40. The summed E-state index contributed by atoms with van der Waals surface area (Å²) in [5.74, 6) is 1.34. The Labute approximate surface area is 172 Å². The van der Waals surface area contributed by atoms with Gasteiger partial charge < -0.3 is 14.4 Å². The molecule has 4 heterocycles. The van der Waals surface area contributed by atoms with Gasteiger partial charge in [0.2, 0.25) is 5.91 Å². The van der Waals surface area contributed by atoms with Crippen molar-refractivity contribution in [2.45, 2.75) is 51.6 Å². The summed E-state index contributed by atoms with van der Waals surface area (Å²) in [4.78, 5) is 27.2. The molecular weight excluding hydrogens is 362 g/mol.